The predicted molar refractivity (Wildman–Crippen MR) is 116 cm³/mol. The van der Waals surface area contributed by atoms with Crippen molar-refractivity contribution in [2.24, 2.45) is 11.6 Å². The molecule has 3 aromatic rings. The van der Waals surface area contributed by atoms with Crippen molar-refractivity contribution < 1.29 is 27.1 Å². The summed E-state index contributed by atoms with van der Waals surface area (Å²) in [5, 5.41) is 11.6. The van der Waals surface area contributed by atoms with Gasteiger partial charge in [-0.25, -0.2) is 15.0 Å². The Bertz CT molecular complexity index is 1270. The number of nitrogens with two attached hydrogens (primary N) is 2. The van der Waals surface area contributed by atoms with Gasteiger partial charge in [-0.05, 0) is 48.2 Å². The molecule has 3 rings (SSSR count). The summed E-state index contributed by atoms with van der Waals surface area (Å²) in [6.45, 7) is 2.34. The quantitative estimate of drug-likeness (QED) is 0.218. The van der Waals surface area contributed by atoms with E-state index in [9.17, 15) is 27.5 Å². The zero-order valence-electron chi connectivity index (χ0n) is 17.9. The van der Waals surface area contributed by atoms with E-state index in [4.69, 9.17) is 16.0 Å². The highest BCUT2D eigenvalue weighted by Gasteiger charge is 2.55. The Balaban J connectivity index is 1.98. The lowest BCUT2D eigenvalue weighted by Crippen LogP contribution is -2.50. The number of hydrogen-bond donors (Lipinski definition) is 3. The zero-order valence-corrected chi connectivity index (χ0v) is 17.9. The fraction of sp³-hybridized carbons (Fsp3) is 0.261. The molecule has 1 unspecified atom stereocenters. The maximum absolute atomic E-state index is 13.7. The van der Waals surface area contributed by atoms with E-state index in [2.05, 4.69) is 0 Å². The van der Waals surface area contributed by atoms with Crippen molar-refractivity contribution in [2.75, 3.05) is 0 Å². The van der Waals surface area contributed by atoms with Gasteiger partial charge in [-0.3, -0.25) is 0 Å². The Hall–Kier alpha value is -3.37. The third kappa shape index (κ3) is 4.71. The van der Waals surface area contributed by atoms with Gasteiger partial charge in [0.05, 0.1) is 12.2 Å². The number of benzene rings is 2. The van der Waals surface area contributed by atoms with Gasteiger partial charge in [-0.15, -0.1) is 0 Å². The Labute approximate surface area is 186 Å². The van der Waals surface area contributed by atoms with Crippen LogP contribution in [0.3, 0.4) is 0 Å². The Morgan fingerprint density at radius 2 is 1.85 bits per heavy atom. The highest BCUT2D eigenvalue weighted by Crippen LogP contribution is 2.38. The van der Waals surface area contributed by atoms with Crippen LogP contribution in [0.25, 0.3) is 22.1 Å². The number of hydrogen-bond acceptors (Lipinski definition) is 6. The van der Waals surface area contributed by atoms with Gasteiger partial charge < -0.3 is 20.3 Å². The van der Waals surface area contributed by atoms with E-state index >= 15 is 0 Å². The maximum atomic E-state index is 13.7. The van der Waals surface area contributed by atoms with Gasteiger partial charge in [0.1, 0.15) is 11.4 Å². The van der Waals surface area contributed by atoms with Gasteiger partial charge in [0.25, 0.3) is 0 Å². The van der Waals surface area contributed by atoms with Crippen LogP contribution in [0.5, 0.6) is 0 Å². The molecule has 33 heavy (non-hydrogen) atoms. The molecule has 1 atom stereocenters. The minimum absolute atomic E-state index is 0.0893. The molecule has 0 amide bonds. The second-order valence-electron chi connectivity index (χ2n) is 7.66. The van der Waals surface area contributed by atoms with Crippen molar-refractivity contribution in [2.45, 2.75) is 38.6 Å². The van der Waals surface area contributed by atoms with Gasteiger partial charge in [0.2, 0.25) is 5.60 Å². The van der Waals surface area contributed by atoms with Crippen molar-refractivity contribution >= 4 is 11.0 Å². The molecule has 1 aromatic heterocycles. The van der Waals surface area contributed by atoms with Crippen LogP contribution < -0.4 is 17.2 Å². The van der Waals surface area contributed by atoms with Crippen LogP contribution in [0.1, 0.15) is 25.8 Å². The Morgan fingerprint density at radius 3 is 2.45 bits per heavy atom. The third-order valence-corrected chi connectivity index (χ3v) is 5.54. The van der Waals surface area contributed by atoms with Crippen LogP contribution in [0, 0.1) is 5.82 Å². The lowest BCUT2D eigenvalue weighted by Gasteiger charge is -2.33. The third-order valence-electron chi connectivity index (χ3n) is 5.54. The van der Waals surface area contributed by atoms with E-state index in [0.29, 0.717) is 22.1 Å². The molecule has 5 N–H and O–H groups in total. The first-order valence-electron chi connectivity index (χ1n) is 9.98. The lowest BCUT2D eigenvalue weighted by molar-refractivity contribution is -0.246. The van der Waals surface area contributed by atoms with Crippen LogP contribution in [0.15, 0.2) is 69.1 Å². The van der Waals surface area contributed by atoms with Crippen LogP contribution in [0.2, 0.25) is 0 Å². The topological polar surface area (TPSA) is 106 Å². The minimum Gasteiger partial charge on any atom is -0.423 e. The second kappa shape index (κ2) is 8.87. The smallest absolute Gasteiger partial charge is 0.422 e. The molecule has 0 saturated heterocycles. The molecule has 0 aliphatic heterocycles. The average molecular weight is 465 g/mol. The van der Waals surface area contributed by atoms with E-state index in [1.807, 2.05) is 0 Å². The number of allylic oxidation sites excluding steroid dienone is 1. The van der Waals surface area contributed by atoms with Gasteiger partial charge >= 0.3 is 11.8 Å². The SMILES string of the molecule is CCC(O)(/C(N)=C(\C)N(N)Cc1ccc2c(-c3cccc(F)c3)cc(=O)oc2c1)C(F)(F)F. The summed E-state index contributed by atoms with van der Waals surface area (Å²) in [7, 11) is 0. The van der Waals surface area contributed by atoms with E-state index < -0.39 is 35.3 Å². The number of hydrazine groups is 1. The standard InChI is InChI=1S/C23H23F4N3O3/c1-3-22(32,23(25,26)27)21(28)13(2)30(29)12-14-7-8-17-18(11-20(31)33-19(17)9-14)15-5-4-6-16(24)10-15/h4-11,32H,3,12,28-29H2,1-2H3/b21-13-. The van der Waals surface area contributed by atoms with Gasteiger partial charge in [-0.1, -0.05) is 31.2 Å². The predicted octanol–water partition coefficient (Wildman–Crippen LogP) is 4.17. The average Bonchev–Trinajstić information content (AvgIpc) is 2.75. The van der Waals surface area contributed by atoms with Crippen molar-refractivity contribution in [3.63, 3.8) is 0 Å². The molecule has 6 nitrogen and oxygen atoms in total. The summed E-state index contributed by atoms with van der Waals surface area (Å²) in [5.41, 5.74) is 2.47. The summed E-state index contributed by atoms with van der Waals surface area (Å²) in [6, 6.07) is 11.8. The number of halogens is 4. The van der Waals surface area contributed by atoms with Crippen LogP contribution in [-0.4, -0.2) is 21.9 Å². The monoisotopic (exact) mass is 465 g/mol. The summed E-state index contributed by atoms with van der Waals surface area (Å²) < 4.78 is 58.9. The van der Waals surface area contributed by atoms with Crippen molar-refractivity contribution in [1.29, 1.82) is 0 Å². The van der Waals surface area contributed by atoms with Crippen molar-refractivity contribution in [3.8, 4) is 11.1 Å². The van der Waals surface area contributed by atoms with Crippen LogP contribution in [-0.2, 0) is 6.54 Å². The fourth-order valence-corrected chi connectivity index (χ4v) is 3.51. The van der Waals surface area contributed by atoms with Crippen LogP contribution >= 0.6 is 0 Å². The molecule has 0 bridgehead atoms. The molecular formula is C23H23F4N3O3. The zero-order chi connectivity index (χ0) is 24.6. The minimum atomic E-state index is -4.98. The van der Waals surface area contributed by atoms with E-state index in [-0.39, 0.29) is 17.8 Å². The number of nitrogens with zero attached hydrogens (tertiary/aromatic N) is 1. The molecule has 0 aliphatic rings. The Morgan fingerprint density at radius 1 is 1.15 bits per heavy atom. The van der Waals surface area contributed by atoms with E-state index in [1.54, 1.807) is 18.2 Å². The summed E-state index contributed by atoms with van der Waals surface area (Å²) in [6.07, 6.45) is -5.66. The molecule has 1 heterocycles. The van der Waals surface area contributed by atoms with Crippen molar-refractivity contribution in [3.05, 3.63) is 81.7 Å². The van der Waals surface area contributed by atoms with Gasteiger partial charge in [-0.2, -0.15) is 13.2 Å². The molecule has 0 aliphatic carbocycles. The van der Waals surface area contributed by atoms with Gasteiger partial charge in [0.15, 0.2) is 0 Å². The maximum Gasteiger partial charge on any atom is 0.422 e. The molecule has 10 heteroatoms. The second-order valence-corrected chi connectivity index (χ2v) is 7.66. The highest BCUT2D eigenvalue weighted by atomic mass is 19.4. The normalized spacial score (nSPS) is 14.7. The summed E-state index contributed by atoms with van der Waals surface area (Å²) in [5.74, 6) is 5.48. The first kappa shape index (κ1) is 24.3. The molecule has 176 valence electrons. The molecular weight excluding hydrogens is 442 g/mol. The molecule has 0 fully saturated rings. The number of rotatable bonds is 6. The molecule has 0 radical (unpaired) electrons. The highest BCUT2D eigenvalue weighted by molar-refractivity contribution is 5.93. The van der Waals surface area contributed by atoms with Crippen molar-refractivity contribution in [1.82, 2.24) is 5.01 Å². The van der Waals surface area contributed by atoms with Crippen LogP contribution in [0.4, 0.5) is 17.6 Å². The first-order valence-corrected chi connectivity index (χ1v) is 9.98. The number of fused-ring (bicyclic) bond motifs is 1. The number of aliphatic hydroxyl groups is 1. The first-order chi connectivity index (χ1) is 15.4. The lowest BCUT2D eigenvalue weighted by atomic mass is 9.94. The molecule has 0 spiro atoms. The Kier molecular flexibility index (Phi) is 6.53. The molecule has 2 aromatic carbocycles. The fourth-order valence-electron chi connectivity index (χ4n) is 3.51. The largest absolute Gasteiger partial charge is 0.423 e. The summed E-state index contributed by atoms with van der Waals surface area (Å²) >= 11 is 0. The van der Waals surface area contributed by atoms with E-state index in [0.717, 1.165) is 11.9 Å². The van der Waals surface area contributed by atoms with E-state index in [1.165, 1.54) is 37.3 Å². The number of alkyl halides is 3. The van der Waals surface area contributed by atoms with Gasteiger partial charge in [0, 0.05) is 17.1 Å². The summed E-state index contributed by atoms with van der Waals surface area (Å²) in [4.78, 5) is 12.1. The molecule has 0 saturated carbocycles.